The smallest absolute Gasteiger partial charge is 0.154 e. The Hall–Kier alpha value is -0.950. The highest BCUT2D eigenvalue weighted by atomic mass is 79.9. The van der Waals surface area contributed by atoms with Gasteiger partial charge in [0.25, 0.3) is 0 Å². The van der Waals surface area contributed by atoms with Crippen molar-refractivity contribution in [3.8, 4) is 0 Å². The van der Waals surface area contributed by atoms with Gasteiger partial charge in [-0.2, -0.15) is 0 Å². The predicted octanol–water partition coefficient (Wildman–Crippen LogP) is 1.16. The highest BCUT2D eigenvalue weighted by Crippen LogP contribution is 2.28. The van der Waals surface area contributed by atoms with Gasteiger partial charge < -0.3 is 0 Å². The molecule has 7 heteroatoms. The summed E-state index contributed by atoms with van der Waals surface area (Å²) in [5, 5.41) is 8.06. The standard InChI is InChI=1S/C9H8BrN3O2S/c10-7-2-1-3-8-9(7)11-12-13(8)6-4-16(14,15)5-6/h1-3,6H,4-5H2. The van der Waals surface area contributed by atoms with Crippen LogP contribution in [0.3, 0.4) is 0 Å². The van der Waals surface area contributed by atoms with Crippen LogP contribution in [0.15, 0.2) is 22.7 Å². The second-order valence-corrected chi connectivity index (χ2v) is 6.88. The van der Waals surface area contributed by atoms with Gasteiger partial charge in [-0.15, -0.1) is 5.10 Å². The lowest BCUT2D eigenvalue weighted by molar-refractivity contribution is 0.474. The van der Waals surface area contributed by atoms with Gasteiger partial charge in [-0.3, -0.25) is 0 Å². The highest BCUT2D eigenvalue weighted by molar-refractivity contribution is 9.10. The van der Waals surface area contributed by atoms with Crippen LogP contribution in [0.5, 0.6) is 0 Å². The molecule has 1 aliphatic rings. The van der Waals surface area contributed by atoms with E-state index in [1.165, 1.54) is 0 Å². The molecule has 0 spiro atoms. The Bertz CT molecular complexity index is 652. The number of hydrogen-bond donors (Lipinski definition) is 0. The summed E-state index contributed by atoms with van der Waals surface area (Å²) in [6.07, 6.45) is 0. The average Bonchev–Trinajstić information content (AvgIpc) is 2.59. The van der Waals surface area contributed by atoms with Crippen LogP contribution in [0.2, 0.25) is 0 Å². The molecule has 2 heterocycles. The summed E-state index contributed by atoms with van der Waals surface area (Å²) < 4.78 is 24.8. The number of nitrogens with zero attached hydrogens (tertiary/aromatic N) is 3. The first-order valence-electron chi connectivity index (χ1n) is 4.77. The van der Waals surface area contributed by atoms with Crippen molar-refractivity contribution in [1.82, 2.24) is 15.0 Å². The zero-order chi connectivity index (χ0) is 11.3. The summed E-state index contributed by atoms with van der Waals surface area (Å²) in [4.78, 5) is 0. The summed E-state index contributed by atoms with van der Waals surface area (Å²) in [5.74, 6) is 0.329. The van der Waals surface area contributed by atoms with Crippen molar-refractivity contribution >= 4 is 36.8 Å². The first kappa shape index (κ1) is 10.2. The third-order valence-corrected chi connectivity index (χ3v) is 5.12. The molecule has 5 nitrogen and oxygen atoms in total. The van der Waals surface area contributed by atoms with Crippen LogP contribution in [0.25, 0.3) is 11.0 Å². The molecule has 0 unspecified atom stereocenters. The summed E-state index contributed by atoms with van der Waals surface area (Å²) in [7, 11) is -2.84. The molecule has 0 amide bonds. The SMILES string of the molecule is O=S1(=O)CC(n2nnc3c(Br)cccc32)C1. The third-order valence-electron chi connectivity index (χ3n) is 2.69. The van der Waals surface area contributed by atoms with Crippen LogP contribution in [0.4, 0.5) is 0 Å². The number of rotatable bonds is 1. The molecular weight excluding hydrogens is 294 g/mol. The number of halogens is 1. The Balaban J connectivity index is 2.09. The zero-order valence-corrected chi connectivity index (χ0v) is 10.6. The van der Waals surface area contributed by atoms with Crippen molar-refractivity contribution in [1.29, 1.82) is 0 Å². The minimum atomic E-state index is -2.84. The van der Waals surface area contributed by atoms with E-state index in [9.17, 15) is 8.42 Å². The fourth-order valence-corrected chi connectivity index (χ4v) is 3.67. The maximum Gasteiger partial charge on any atom is 0.154 e. The Morgan fingerprint density at radius 3 is 2.81 bits per heavy atom. The number of aromatic nitrogens is 3. The Labute approximate surface area is 100 Å². The van der Waals surface area contributed by atoms with Crippen LogP contribution in [0, 0.1) is 0 Å². The first-order valence-corrected chi connectivity index (χ1v) is 7.38. The second-order valence-electron chi connectivity index (χ2n) is 3.87. The summed E-state index contributed by atoms with van der Waals surface area (Å²) in [5.41, 5.74) is 1.64. The van der Waals surface area contributed by atoms with E-state index < -0.39 is 9.84 Å². The summed E-state index contributed by atoms with van der Waals surface area (Å²) in [6.45, 7) is 0. The topological polar surface area (TPSA) is 64.8 Å². The van der Waals surface area contributed by atoms with Crippen LogP contribution < -0.4 is 0 Å². The number of hydrogen-bond acceptors (Lipinski definition) is 4. The van der Waals surface area contributed by atoms with Gasteiger partial charge in [0.1, 0.15) is 5.52 Å². The molecule has 84 valence electrons. The first-order chi connectivity index (χ1) is 7.57. The van der Waals surface area contributed by atoms with E-state index in [-0.39, 0.29) is 17.5 Å². The largest absolute Gasteiger partial charge is 0.239 e. The van der Waals surface area contributed by atoms with Gasteiger partial charge in [-0.25, -0.2) is 13.1 Å². The lowest BCUT2D eigenvalue weighted by Gasteiger charge is -2.25. The van der Waals surface area contributed by atoms with Crippen LogP contribution in [-0.4, -0.2) is 34.9 Å². The van der Waals surface area contributed by atoms with Crippen molar-refractivity contribution in [3.05, 3.63) is 22.7 Å². The quantitative estimate of drug-likeness (QED) is 0.793. The number of benzene rings is 1. The molecule has 0 radical (unpaired) electrons. The number of fused-ring (bicyclic) bond motifs is 1. The van der Waals surface area contributed by atoms with Gasteiger partial charge in [0, 0.05) is 4.47 Å². The Kier molecular flexibility index (Phi) is 2.09. The van der Waals surface area contributed by atoms with Crippen LogP contribution in [-0.2, 0) is 9.84 Å². The molecule has 16 heavy (non-hydrogen) atoms. The summed E-state index contributed by atoms with van der Waals surface area (Å²) >= 11 is 3.39. The molecule has 1 aromatic carbocycles. The van der Waals surface area contributed by atoms with E-state index in [1.54, 1.807) is 4.68 Å². The zero-order valence-electron chi connectivity index (χ0n) is 8.17. The fraction of sp³-hybridized carbons (Fsp3) is 0.333. The van der Waals surface area contributed by atoms with E-state index in [2.05, 4.69) is 26.2 Å². The van der Waals surface area contributed by atoms with E-state index in [0.717, 1.165) is 15.5 Å². The Morgan fingerprint density at radius 1 is 1.38 bits per heavy atom. The van der Waals surface area contributed by atoms with E-state index in [1.807, 2.05) is 18.2 Å². The molecule has 1 saturated heterocycles. The van der Waals surface area contributed by atoms with Crippen molar-refractivity contribution in [3.63, 3.8) is 0 Å². The normalized spacial score (nSPS) is 19.8. The summed E-state index contributed by atoms with van der Waals surface area (Å²) in [6, 6.07) is 5.60. The molecule has 0 saturated carbocycles. The van der Waals surface area contributed by atoms with E-state index in [4.69, 9.17) is 0 Å². The maximum absolute atomic E-state index is 11.1. The van der Waals surface area contributed by atoms with Crippen molar-refractivity contribution in [2.75, 3.05) is 11.5 Å². The molecule has 0 atom stereocenters. The minimum Gasteiger partial charge on any atom is -0.239 e. The van der Waals surface area contributed by atoms with Crippen LogP contribution >= 0.6 is 15.9 Å². The maximum atomic E-state index is 11.1. The van der Waals surface area contributed by atoms with E-state index in [0.29, 0.717) is 0 Å². The monoisotopic (exact) mass is 301 g/mol. The van der Waals surface area contributed by atoms with Gasteiger partial charge in [-0.1, -0.05) is 11.3 Å². The molecule has 0 N–H and O–H groups in total. The molecular formula is C9H8BrN3O2S. The van der Waals surface area contributed by atoms with Crippen molar-refractivity contribution in [2.24, 2.45) is 0 Å². The van der Waals surface area contributed by atoms with Gasteiger partial charge in [-0.05, 0) is 28.1 Å². The molecule has 0 bridgehead atoms. The molecule has 0 aliphatic carbocycles. The lowest BCUT2D eigenvalue weighted by Crippen LogP contribution is -2.38. The predicted molar refractivity (Wildman–Crippen MR) is 62.9 cm³/mol. The fourth-order valence-electron chi connectivity index (χ4n) is 1.88. The molecule has 1 fully saturated rings. The van der Waals surface area contributed by atoms with Gasteiger partial charge in [0.05, 0.1) is 23.1 Å². The van der Waals surface area contributed by atoms with Gasteiger partial charge >= 0.3 is 0 Å². The number of sulfone groups is 1. The molecule has 1 aliphatic heterocycles. The average molecular weight is 302 g/mol. The lowest BCUT2D eigenvalue weighted by atomic mass is 10.3. The highest BCUT2D eigenvalue weighted by Gasteiger charge is 2.36. The Morgan fingerprint density at radius 2 is 2.12 bits per heavy atom. The molecule has 1 aromatic heterocycles. The van der Waals surface area contributed by atoms with Gasteiger partial charge in [0.2, 0.25) is 0 Å². The molecule has 2 aromatic rings. The van der Waals surface area contributed by atoms with Crippen molar-refractivity contribution < 1.29 is 8.42 Å². The van der Waals surface area contributed by atoms with Crippen LogP contribution in [0.1, 0.15) is 6.04 Å². The second kappa shape index (κ2) is 3.27. The minimum absolute atomic E-state index is 0.0655. The third kappa shape index (κ3) is 1.46. The molecule has 3 rings (SSSR count). The van der Waals surface area contributed by atoms with E-state index >= 15 is 0 Å². The van der Waals surface area contributed by atoms with Crippen molar-refractivity contribution in [2.45, 2.75) is 6.04 Å². The van der Waals surface area contributed by atoms with Gasteiger partial charge in [0.15, 0.2) is 9.84 Å².